The maximum Gasteiger partial charge on any atom is 0.225 e. The quantitative estimate of drug-likeness (QED) is 0.801. The summed E-state index contributed by atoms with van der Waals surface area (Å²) in [4.78, 5) is 11.1. The number of sulfonamides is 1. The van der Waals surface area contributed by atoms with E-state index < -0.39 is 15.3 Å². The van der Waals surface area contributed by atoms with Crippen LogP contribution in [0, 0.1) is 0 Å². The van der Waals surface area contributed by atoms with Gasteiger partial charge >= 0.3 is 0 Å². The Morgan fingerprint density at radius 1 is 1.23 bits per heavy atom. The monoisotopic (exact) mass is 326 g/mol. The number of ether oxygens (including phenoxy) is 1. The molecule has 1 saturated heterocycles. The molecule has 122 valence electrons. The van der Waals surface area contributed by atoms with Gasteiger partial charge in [0.15, 0.2) is 0 Å². The molecule has 0 bridgehead atoms. The fourth-order valence-electron chi connectivity index (χ4n) is 2.70. The second-order valence-corrected chi connectivity index (χ2v) is 8.41. The molecule has 0 spiro atoms. The van der Waals surface area contributed by atoms with E-state index in [0.29, 0.717) is 38.7 Å². The van der Waals surface area contributed by atoms with Gasteiger partial charge in [-0.2, -0.15) is 4.31 Å². The van der Waals surface area contributed by atoms with Crippen molar-refractivity contribution in [1.29, 1.82) is 0 Å². The number of morpholine rings is 1. The third-order valence-corrected chi connectivity index (χ3v) is 6.37. The smallest absolute Gasteiger partial charge is 0.225 e. The summed E-state index contributed by atoms with van der Waals surface area (Å²) < 4.78 is 31.5. The van der Waals surface area contributed by atoms with E-state index in [4.69, 9.17) is 4.74 Å². The molecule has 7 nitrogen and oxygen atoms in total. The van der Waals surface area contributed by atoms with E-state index in [-0.39, 0.29) is 0 Å². The summed E-state index contributed by atoms with van der Waals surface area (Å²) in [5.74, 6) is 0.672. The van der Waals surface area contributed by atoms with Crippen LogP contribution >= 0.6 is 0 Å². The van der Waals surface area contributed by atoms with Gasteiger partial charge in [0.1, 0.15) is 0 Å². The number of anilines is 1. The number of nitrogens with zero attached hydrogens (tertiary/aromatic N) is 4. The lowest BCUT2D eigenvalue weighted by molar-refractivity contribution is 0.122. The zero-order valence-electron chi connectivity index (χ0n) is 13.0. The van der Waals surface area contributed by atoms with E-state index in [1.807, 2.05) is 6.20 Å². The summed E-state index contributed by atoms with van der Waals surface area (Å²) in [5, 5.41) is -0.408. The largest absolute Gasteiger partial charge is 0.378 e. The molecule has 2 aliphatic rings. The van der Waals surface area contributed by atoms with Crippen LogP contribution in [-0.4, -0.2) is 60.8 Å². The highest BCUT2D eigenvalue weighted by atomic mass is 32.2. The first-order valence-electron chi connectivity index (χ1n) is 7.65. The molecule has 0 saturated carbocycles. The Labute approximate surface area is 131 Å². The second-order valence-electron chi connectivity index (χ2n) is 5.92. The summed E-state index contributed by atoms with van der Waals surface area (Å²) >= 11 is 0. The lowest BCUT2D eigenvalue weighted by Gasteiger charge is -2.31. The van der Waals surface area contributed by atoms with E-state index in [2.05, 4.69) is 14.9 Å². The second kappa shape index (κ2) is 6.10. The summed E-state index contributed by atoms with van der Waals surface area (Å²) in [5.41, 5.74) is 1.87. The number of fused-ring (bicyclic) bond motifs is 1. The molecule has 0 aliphatic carbocycles. The molecule has 0 aromatic carbocycles. The standard InChI is InChI=1S/C14H22N4O3S/c1-11(2)22(19,20)18-4-3-12-9-15-14(16-13(12)10-18)17-5-7-21-8-6-17/h9,11H,3-8,10H2,1-2H3. The van der Waals surface area contributed by atoms with Crippen molar-refractivity contribution in [3.05, 3.63) is 17.5 Å². The van der Waals surface area contributed by atoms with Crippen LogP contribution in [0.15, 0.2) is 6.20 Å². The number of hydrogen-bond donors (Lipinski definition) is 0. The number of hydrogen-bond acceptors (Lipinski definition) is 6. The molecule has 3 heterocycles. The van der Waals surface area contributed by atoms with Gasteiger partial charge in [-0.25, -0.2) is 18.4 Å². The summed E-state index contributed by atoms with van der Waals surface area (Å²) in [6.07, 6.45) is 2.51. The normalized spacial score (nSPS) is 20.2. The molecule has 0 N–H and O–H groups in total. The first-order chi connectivity index (χ1) is 10.5. The molecule has 0 atom stereocenters. The molecular weight excluding hydrogens is 304 g/mol. The number of aromatic nitrogens is 2. The Hall–Kier alpha value is -1.25. The van der Waals surface area contributed by atoms with Gasteiger partial charge in [0.2, 0.25) is 16.0 Å². The highest BCUT2D eigenvalue weighted by Gasteiger charge is 2.30. The zero-order valence-corrected chi connectivity index (χ0v) is 13.8. The van der Waals surface area contributed by atoms with Gasteiger partial charge in [0.05, 0.1) is 30.7 Å². The van der Waals surface area contributed by atoms with Crippen LogP contribution in [0.4, 0.5) is 5.95 Å². The lowest BCUT2D eigenvalue weighted by atomic mass is 10.1. The van der Waals surface area contributed by atoms with E-state index in [1.54, 1.807) is 13.8 Å². The summed E-state index contributed by atoms with van der Waals surface area (Å²) in [6.45, 7) is 7.17. The third kappa shape index (κ3) is 2.95. The first-order valence-corrected chi connectivity index (χ1v) is 9.15. The van der Waals surface area contributed by atoms with Crippen LogP contribution in [0.5, 0.6) is 0 Å². The van der Waals surface area contributed by atoms with E-state index >= 15 is 0 Å². The summed E-state index contributed by atoms with van der Waals surface area (Å²) in [6, 6.07) is 0. The minimum absolute atomic E-state index is 0.343. The van der Waals surface area contributed by atoms with Crippen molar-refractivity contribution >= 4 is 16.0 Å². The van der Waals surface area contributed by atoms with Gasteiger partial charge in [-0.1, -0.05) is 0 Å². The van der Waals surface area contributed by atoms with Crippen LogP contribution < -0.4 is 4.90 Å². The Bertz CT molecular complexity index is 641. The molecule has 1 fully saturated rings. The average Bonchev–Trinajstić information content (AvgIpc) is 2.54. The molecule has 0 amide bonds. The van der Waals surface area contributed by atoms with Gasteiger partial charge in [-0.15, -0.1) is 0 Å². The Morgan fingerprint density at radius 2 is 1.95 bits per heavy atom. The molecule has 1 aromatic heterocycles. The maximum atomic E-state index is 12.3. The van der Waals surface area contributed by atoms with Crippen molar-refractivity contribution in [3.8, 4) is 0 Å². The average molecular weight is 326 g/mol. The molecule has 2 aliphatic heterocycles. The van der Waals surface area contributed by atoms with Crippen LogP contribution in [-0.2, 0) is 27.7 Å². The molecular formula is C14H22N4O3S. The molecule has 3 rings (SSSR count). The fraction of sp³-hybridized carbons (Fsp3) is 0.714. The van der Waals surface area contributed by atoms with Gasteiger partial charge in [0, 0.05) is 25.8 Å². The van der Waals surface area contributed by atoms with Crippen LogP contribution in [0.3, 0.4) is 0 Å². The van der Waals surface area contributed by atoms with E-state index in [0.717, 1.165) is 24.3 Å². The molecule has 0 unspecified atom stereocenters. The third-order valence-electron chi connectivity index (χ3n) is 4.15. The van der Waals surface area contributed by atoms with Crippen molar-refractivity contribution in [1.82, 2.24) is 14.3 Å². The van der Waals surface area contributed by atoms with Crippen molar-refractivity contribution in [2.75, 3.05) is 37.7 Å². The predicted molar refractivity (Wildman–Crippen MR) is 83.2 cm³/mol. The molecule has 0 radical (unpaired) electrons. The van der Waals surface area contributed by atoms with Gasteiger partial charge in [-0.3, -0.25) is 0 Å². The molecule has 8 heteroatoms. The first kappa shape index (κ1) is 15.6. The SMILES string of the molecule is CC(C)S(=O)(=O)N1CCc2cnc(N3CCOCC3)nc2C1. The van der Waals surface area contributed by atoms with Gasteiger partial charge in [-0.05, 0) is 25.8 Å². The molecule has 22 heavy (non-hydrogen) atoms. The van der Waals surface area contributed by atoms with Gasteiger partial charge < -0.3 is 9.64 Å². The maximum absolute atomic E-state index is 12.3. The summed E-state index contributed by atoms with van der Waals surface area (Å²) in [7, 11) is -3.24. The van der Waals surface area contributed by atoms with E-state index in [1.165, 1.54) is 4.31 Å². The lowest BCUT2D eigenvalue weighted by Crippen LogP contribution is -2.41. The van der Waals surface area contributed by atoms with E-state index in [9.17, 15) is 8.42 Å². The highest BCUT2D eigenvalue weighted by Crippen LogP contribution is 2.23. The highest BCUT2D eigenvalue weighted by molar-refractivity contribution is 7.89. The van der Waals surface area contributed by atoms with Crippen LogP contribution in [0.2, 0.25) is 0 Å². The van der Waals surface area contributed by atoms with Gasteiger partial charge in [0.25, 0.3) is 0 Å². The minimum Gasteiger partial charge on any atom is -0.378 e. The Balaban J connectivity index is 1.83. The fourth-order valence-corrected chi connectivity index (χ4v) is 3.94. The van der Waals surface area contributed by atoms with Crippen molar-refractivity contribution in [3.63, 3.8) is 0 Å². The van der Waals surface area contributed by atoms with Crippen LogP contribution in [0.1, 0.15) is 25.1 Å². The van der Waals surface area contributed by atoms with Crippen molar-refractivity contribution in [2.24, 2.45) is 0 Å². The van der Waals surface area contributed by atoms with Crippen LogP contribution in [0.25, 0.3) is 0 Å². The molecule has 1 aromatic rings. The predicted octanol–water partition coefficient (Wildman–Crippen LogP) is 0.410. The van der Waals surface area contributed by atoms with Crippen molar-refractivity contribution in [2.45, 2.75) is 32.1 Å². The number of rotatable bonds is 3. The minimum atomic E-state index is -3.24. The Kier molecular flexibility index (Phi) is 4.33. The topological polar surface area (TPSA) is 75.6 Å². The Morgan fingerprint density at radius 3 is 2.64 bits per heavy atom. The van der Waals surface area contributed by atoms with Crippen molar-refractivity contribution < 1.29 is 13.2 Å². The zero-order chi connectivity index (χ0) is 15.7.